The Morgan fingerprint density at radius 1 is 0.682 bits per heavy atom. The smallest absolute Gasteiger partial charge is 0.306 e. The number of ether oxygens (including phenoxy) is 2. The molecule has 0 aliphatic rings. The summed E-state index contributed by atoms with van der Waals surface area (Å²) < 4.78 is 9.10. The number of hydrogen-bond donors (Lipinski definition) is 0. The summed E-state index contributed by atoms with van der Waals surface area (Å²) in [6, 6.07) is 0. The molecule has 0 aromatic rings. The molecular formula is C12H14O8S2. The van der Waals surface area contributed by atoms with Crippen LogP contribution in [0.1, 0.15) is 26.7 Å². The van der Waals surface area contributed by atoms with Gasteiger partial charge in [0.25, 0.3) is 0 Å². The zero-order valence-electron chi connectivity index (χ0n) is 11.9. The molecule has 0 aromatic heterocycles. The Morgan fingerprint density at radius 2 is 1.00 bits per heavy atom. The first-order chi connectivity index (χ1) is 10.2. The van der Waals surface area contributed by atoms with Crippen molar-refractivity contribution in [3.8, 4) is 0 Å². The number of esters is 2. The molecular weight excluding hydrogens is 336 g/mol. The molecule has 10 heteroatoms. The molecule has 0 aliphatic carbocycles. The molecule has 0 spiro atoms. The molecule has 0 saturated carbocycles. The van der Waals surface area contributed by atoms with Crippen molar-refractivity contribution in [2.24, 2.45) is 0 Å². The molecule has 0 bridgehead atoms. The molecule has 0 radical (unpaired) electrons. The zero-order chi connectivity index (χ0) is 17.1. The first-order valence-corrected chi connectivity index (χ1v) is 7.57. The van der Waals surface area contributed by atoms with Gasteiger partial charge in [0.2, 0.25) is 10.2 Å². The van der Waals surface area contributed by atoms with Crippen molar-refractivity contribution in [1.82, 2.24) is 0 Å². The standard InChI is InChI=1S/C12H14O8S2/c1-7(13)21-11(17)5-19-9(15)3-4-10(16)20-6-12(18)22-8(2)14/h3-6H2,1-2H3. The van der Waals surface area contributed by atoms with Gasteiger partial charge in [0.1, 0.15) is 0 Å². The third-order valence-corrected chi connectivity index (χ3v) is 3.02. The molecule has 0 heterocycles. The van der Waals surface area contributed by atoms with Crippen molar-refractivity contribution < 1.29 is 38.2 Å². The van der Waals surface area contributed by atoms with E-state index >= 15 is 0 Å². The predicted octanol–water partition coefficient (Wildman–Crippen LogP) is 0.466. The average Bonchev–Trinajstić information content (AvgIpc) is 2.39. The van der Waals surface area contributed by atoms with Crippen LogP contribution in [0, 0.1) is 0 Å². The summed E-state index contributed by atoms with van der Waals surface area (Å²) in [5.74, 6) is -1.61. The maximum absolute atomic E-state index is 11.2. The Bertz CT molecular complexity index is 442. The molecule has 0 unspecified atom stereocenters. The van der Waals surface area contributed by atoms with E-state index < -0.39 is 45.6 Å². The van der Waals surface area contributed by atoms with Gasteiger partial charge >= 0.3 is 11.9 Å². The van der Waals surface area contributed by atoms with E-state index in [1.54, 1.807) is 0 Å². The van der Waals surface area contributed by atoms with E-state index in [1.165, 1.54) is 13.8 Å². The van der Waals surface area contributed by atoms with Crippen LogP contribution in [0.15, 0.2) is 0 Å². The first-order valence-electron chi connectivity index (χ1n) is 5.94. The average molecular weight is 350 g/mol. The van der Waals surface area contributed by atoms with Crippen LogP contribution in [0.3, 0.4) is 0 Å². The Hall–Kier alpha value is -1.68. The molecule has 0 fully saturated rings. The molecule has 0 aromatic carbocycles. The van der Waals surface area contributed by atoms with Crippen LogP contribution in [-0.4, -0.2) is 45.6 Å². The molecule has 122 valence electrons. The van der Waals surface area contributed by atoms with E-state index in [4.69, 9.17) is 0 Å². The molecule has 22 heavy (non-hydrogen) atoms. The van der Waals surface area contributed by atoms with E-state index in [0.717, 1.165) is 0 Å². The zero-order valence-corrected chi connectivity index (χ0v) is 13.5. The van der Waals surface area contributed by atoms with E-state index in [2.05, 4.69) is 9.47 Å². The highest BCUT2D eigenvalue weighted by Crippen LogP contribution is 2.05. The number of thioether (sulfide) groups is 2. The Balaban J connectivity index is 3.83. The van der Waals surface area contributed by atoms with Gasteiger partial charge < -0.3 is 9.47 Å². The van der Waals surface area contributed by atoms with Gasteiger partial charge in [-0.2, -0.15) is 0 Å². The van der Waals surface area contributed by atoms with E-state index in [9.17, 15) is 28.8 Å². The second-order valence-electron chi connectivity index (χ2n) is 3.75. The fraction of sp³-hybridized carbons (Fsp3) is 0.500. The van der Waals surface area contributed by atoms with Crippen molar-refractivity contribution in [2.45, 2.75) is 26.7 Å². The van der Waals surface area contributed by atoms with E-state index in [0.29, 0.717) is 23.5 Å². The van der Waals surface area contributed by atoms with Gasteiger partial charge in [-0.15, -0.1) is 0 Å². The normalized spacial score (nSPS) is 9.73. The minimum absolute atomic E-state index is 0.328. The van der Waals surface area contributed by atoms with Gasteiger partial charge in [-0.05, 0) is 23.5 Å². The third kappa shape index (κ3) is 12.1. The number of hydrogen-bond acceptors (Lipinski definition) is 10. The van der Waals surface area contributed by atoms with Crippen LogP contribution in [0.5, 0.6) is 0 Å². The fourth-order valence-corrected chi connectivity index (χ4v) is 1.88. The highest BCUT2D eigenvalue weighted by Gasteiger charge is 2.14. The lowest BCUT2D eigenvalue weighted by molar-refractivity contribution is -0.151. The Morgan fingerprint density at radius 3 is 1.27 bits per heavy atom. The SMILES string of the molecule is CC(=O)SC(=O)COC(=O)CCC(=O)OCC(=O)SC(C)=O. The molecule has 8 nitrogen and oxygen atoms in total. The van der Waals surface area contributed by atoms with Gasteiger partial charge in [0.05, 0.1) is 12.8 Å². The lowest BCUT2D eigenvalue weighted by atomic mass is 10.3. The summed E-state index contributed by atoms with van der Waals surface area (Å²) in [5, 5.41) is -2.07. The van der Waals surface area contributed by atoms with Crippen molar-refractivity contribution in [3.05, 3.63) is 0 Å². The maximum atomic E-state index is 11.2. The van der Waals surface area contributed by atoms with E-state index in [-0.39, 0.29) is 12.8 Å². The monoisotopic (exact) mass is 350 g/mol. The van der Waals surface area contributed by atoms with Gasteiger partial charge in [-0.3, -0.25) is 28.8 Å². The van der Waals surface area contributed by atoms with Crippen molar-refractivity contribution in [3.63, 3.8) is 0 Å². The van der Waals surface area contributed by atoms with Crippen molar-refractivity contribution >= 4 is 55.9 Å². The van der Waals surface area contributed by atoms with Crippen LogP contribution in [0.25, 0.3) is 0 Å². The van der Waals surface area contributed by atoms with Crippen LogP contribution in [0.2, 0.25) is 0 Å². The van der Waals surface area contributed by atoms with Crippen LogP contribution in [-0.2, 0) is 38.2 Å². The van der Waals surface area contributed by atoms with Gasteiger partial charge in [0, 0.05) is 13.8 Å². The molecule has 0 aliphatic heterocycles. The maximum Gasteiger partial charge on any atom is 0.306 e. The third-order valence-electron chi connectivity index (χ3n) is 1.75. The quantitative estimate of drug-likeness (QED) is 0.599. The summed E-state index contributed by atoms with van der Waals surface area (Å²) in [4.78, 5) is 65.8. The summed E-state index contributed by atoms with van der Waals surface area (Å²) in [7, 11) is 0. The minimum atomic E-state index is -0.807. The topological polar surface area (TPSA) is 121 Å². The first kappa shape index (κ1) is 20.3. The number of carbonyl (C=O) groups excluding carboxylic acids is 6. The molecule has 0 atom stereocenters. The van der Waals surface area contributed by atoms with Crippen molar-refractivity contribution in [2.75, 3.05) is 13.2 Å². The summed E-state index contributed by atoms with van der Waals surface area (Å²) >= 11 is 0.846. The number of rotatable bonds is 7. The highest BCUT2D eigenvalue weighted by molar-refractivity contribution is 8.26. The van der Waals surface area contributed by atoms with Crippen molar-refractivity contribution in [1.29, 1.82) is 0 Å². The Labute approximate surface area is 134 Å². The van der Waals surface area contributed by atoms with Crippen LogP contribution < -0.4 is 0 Å². The fourth-order valence-electron chi connectivity index (χ4n) is 1.01. The second-order valence-corrected chi connectivity index (χ2v) is 6.22. The van der Waals surface area contributed by atoms with Crippen LogP contribution in [0.4, 0.5) is 0 Å². The van der Waals surface area contributed by atoms with Gasteiger partial charge in [0.15, 0.2) is 23.4 Å². The lowest BCUT2D eigenvalue weighted by Crippen LogP contribution is -2.16. The predicted molar refractivity (Wildman–Crippen MR) is 77.7 cm³/mol. The lowest BCUT2D eigenvalue weighted by Gasteiger charge is -2.04. The molecule has 0 saturated heterocycles. The molecule has 0 N–H and O–H groups in total. The number of carbonyl (C=O) groups is 6. The van der Waals surface area contributed by atoms with Gasteiger partial charge in [-0.25, -0.2) is 0 Å². The minimum Gasteiger partial charge on any atom is -0.457 e. The summed E-state index contributed by atoms with van der Waals surface area (Å²) in [5.41, 5.74) is 0. The Kier molecular flexibility index (Phi) is 10.1. The molecule has 0 amide bonds. The van der Waals surface area contributed by atoms with Gasteiger partial charge in [-0.1, -0.05) is 0 Å². The second kappa shape index (κ2) is 11.0. The summed E-state index contributed by atoms with van der Waals surface area (Å²) in [6.07, 6.45) is -0.657. The molecule has 0 rings (SSSR count). The van der Waals surface area contributed by atoms with Crippen LogP contribution >= 0.6 is 23.5 Å². The largest absolute Gasteiger partial charge is 0.457 e. The summed E-state index contributed by atoms with van der Waals surface area (Å²) in [6.45, 7) is 1.27. The highest BCUT2D eigenvalue weighted by atomic mass is 32.2. The van der Waals surface area contributed by atoms with E-state index in [1.807, 2.05) is 0 Å².